The van der Waals surface area contributed by atoms with E-state index in [1.54, 1.807) is 5.57 Å². The second kappa shape index (κ2) is 9.30. The minimum atomic E-state index is -0.615. The Morgan fingerprint density at radius 3 is 2.67 bits per heavy atom. The van der Waals surface area contributed by atoms with Crippen LogP contribution in [0.5, 0.6) is 0 Å². The summed E-state index contributed by atoms with van der Waals surface area (Å²) in [4.78, 5) is 0. The lowest BCUT2D eigenvalue weighted by Crippen LogP contribution is -2.36. The summed E-state index contributed by atoms with van der Waals surface area (Å²) in [6.07, 6.45) is 13.9. The van der Waals surface area contributed by atoms with Gasteiger partial charge in [0.05, 0.1) is 17.8 Å². The van der Waals surface area contributed by atoms with Crippen LogP contribution in [0, 0.1) is 23.2 Å². The van der Waals surface area contributed by atoms with E-state index in [1.165, 1.54) is 38.5 Å². The fourth-order valence-electron chi connectivity index (χ4n) is 6.74. The average molecular weight is 417 g/mol. The third kappa shape index (κ3) is 5.29. The summed E-state index contributed by atoms with van der Waals surface area (Å²) < 4.78 is 0. The van der Waals surface area contributed by atoms with Gasteiger partial charge in [-0.1, -0.05) is 51.0 Å². The standard InChI is InChI=1S/C27H44O3/c1-18(8-6-14-26(3,4)30)23-12-13-24-20(9-7-15-27(23,24)5)10-11-21-16-22(28)17-25(29)19(21)2/h10-11,18,22-25,28-30H,2,6-9,12-17H2,1,3-5H3/b20-10?,21-11+/t18-,22-,23-,24+,25+,27+/m1/s1. The van der Waals surface area contributed by atoms with E-state index in [9.17, 15) is 15.3 Å². The molecule has 0 aliphatic heterocycles. The second-order valence-corrected chi connectivity index (χ2v) is 11.3. The van der Waals surface area contributed by atoms with E-state index in [4.69, 9.17) is 0 Å². The summed E-state index contributed by atoms with van der Waals surface area (Å²) in [5.41, 5.74) is 3.17. The molecule has 3 heteroatoms. The van der Waals surface area contributed by atoms with E-state index in [2.05, 4.69) is 32.6 Å². The number of hydrogen-bond donors (Lipinski definition) is 3. The molecular formula is C27H44O3. The first kappa shape index (κ1) is 23.8. The van der Waals surface area contributed by atoms with Crippen LogP contribution >= 0.6 is 0 Å². The predicted octanol–water partition coefficient (Wildman–Crippen LogP) is 5.70. The van der Waals surface area contributed by atoms with Crippen LogP contribution in [-0.4, -0.2) is 33.1 Å². The maximum absolute atomic E-state index is 10.1. The molecule has 0 aromatic carbocycles. The first-order valence-electron chi connectivity index (χ1n) is 12.2. The molecule has 3 fully saturated rings. The van der Waals surface area contributed by atoms with Gasteiger partial charge in [0.15, 0.2) is 0 Å². The van der Waals surface area contributed by atoms with Gasteiger partial charge in [-0.2, -0.15) is 0 Å². The molecule has 3 saturated carbocycles. The molecule has 0 saturated heterocycles. The summed E-state index contributed by atoms with van der Waals surface area (Å²) in [7, 11) is 0. The van der Waals surface area contributed by atoms with Gasteiger partial charge in [-0.05, 0) is 93.1 Å². The molecule has 0 spiro atoms. The monoisotopic (exact) mass is 416 g/mol. The van der Waals surface area contributed by atoms with Gasteiger partial charge in [-0.3, -0.25) is 0 Å². The highest BCUT2D eigenvalue weighted by Crippen LogP contribution is 2.60. The van der Waals surface area contributed by atoms with Crippen LogP contribution in [0.15, 0.2) is 35.5 Å². The molecule has 3 aliphatic rings. The number of aliphatic hydroxyl groups excluding tert-OH is 2. The average Bonchev–Trinajstić information content (AvgIpc) is 3.00. The molecule has 3 aliphatic carbocycles. The lowest BCUT2D eigenvalue weighted by molar-refractivity contribution is 0.0596. The third-order valence-electron chi connectivity index (χ3n) is 8.44. The fourth-order valence-corrected chi connectivity index (χ4v) is 6.74. The van der Waals surface area contributed by atoms with Crippen molar-refractivity contribution in [1.82, 2.24) is 0 Å². The molecule has 3 nitrogen and oxygen atoms in total. The zero-order valence-corrected chi connectivity index (χ0v) is 19.7. The molecule has 0 aromatic rings. The van der Waals surface area contributed by atoms with Gasteiger partial charge >= 0.3 is 0 Å². The van der Waals surface area contributed by atoms with Crippen molar-refractivity contribution < 1.29 is 15.3 Å². The molecule has 0 amide bonds. The molecule has 0 heterocycles. The van der Waals surface area contributed by atoms with Crippen molar-refractivity contribution in [3.63, 3.8) is 0 Å². The van der Waals surface area contributed by atoms with E-state index < -0.39 is 17.8 Å². The number of aliphatic hydroxyl groups is 3. The van der Waals surface area contributed by atoms with Crippen molar-refractivity contribution in [2.45, 2.75) is 110 Å². The van der Waals surface area contributed by atoms with Crippen LogP contribution in [0.4, 0.5) is 0 Å². The molecule has 3 rings (SSSR count). The molecule has 6 atom stereocenters. The summed E-state index contributed by atoms with van der Waals surface area (Å²) in [5, 5.41) is 30.2. The quantitative estimate of drug-likeness (QED) is 0.520. The van der Waals surface area contributed by atoms with Crippen LogP contribution in [0.2, 0.25) is 0 Å². The number of fused-ring (bicyclic) bond motifs is 1. The molecule has 0 aromatic heterocycles. The SMILES string of the molecule is C=C1/C(=C/C=C2CCC[C@@]3(C)[C@@H]([C@H](C)CCCC(C)(C)O)CC[C@@H]23)C[C@@H](O)C[C@@H]1O. The van der Waals surface area contributed by atoms with Crippen molar-refractivity contribution in [1.29, 1.82) is 0 Å². The van der Waals surface area contributed by atoms with Crippen LogP contribution in [0.3, 0.4) is 0 Å². The van der Waals surface area contributed by atoms with Gasteiger partial charge in [-0.15, -0.1) is 0 Å². The summed E-state index contributed by atoms with van der Waals surface area (Å²) in [5.74, 6) is 2.11. The van der Waals surface area contributed by atoms with E-state index in [1.807, 2.05) is 13.8 Å². The largest absolute Gasteiger partial charge is 0.393 e. The van der Waals surface area contributed by atoms with Gasteiger partial charge in [-0.25, -0.2) is 0 Å². The Balaban J connectivity index is 1.70. The van der Waals surface area contributed by atoms with E-state index in [-0.39, 0.29) is 0 Å². The summed E-state index contributed by atoms with van der Waals surface area (Å²) in [6.45, 7) is 12.8. The first-order valence-corrected chi connectivity index (χ1v) is 12.2. The Morgan fingerprint density at radius 2 is 1.97 bits per heavy atom. The van der Waals surface area contributed by atoms with Crippen molar-refractivity contribution in [2.75, 3.05) is 0 Å². The maximum atomic E-state index is 10.1. The maximum Gasteiger partial charge on any atom is 0.0811 e. The van der Waals surface area contributed by atoms with Gasteiger partial charge in [0.25, 0.3) is 0 Å². The lowest BCUT2D eigenvalue weighted by atomic mass is 9.60. The summed E-state index contributed by atoms with van der Waals surface area (Å²) >= 11 is 0. The van der Waals surface area contributed by atoms with Gasteiger partial charge in [0.2, 0.25) is 0 Å². The normalized spacial score (nSPS) is 38.8. The first-order chi connectivity index (χ1) is 14.0. The molecule has 0 radical (unpaired) electrons. The Morgan fingerprint density at radius 1 is 1.23 bits per heavy atom. The predicted molar refractivity (Wildman–Crippen MR) is 124 cm³/mol. The molecule has 0 bridgehead atoms. The molecule has 170 valence electrons. The van der Waals surface area contributed by atoms with Gasteiger partial charge < -0.3 is 15.3 Å². The van der Waals surface area contributed by atoms with Crippen LogP contribution in [0.1, 0.15) is 91.9 Å². The Hall–Kier alpha value is -0.900. The smallest absolute Gasteiger partial charge is 0.0811 e. The van der Waals surface area contributed by atoms with Crippen LogP contribution in [-0.2, 0) is 0 Å². The zero-order valence-electron chi connectivity index (χ0n) is 19.7. The van der Waals surface area contributed by atoms with Gasteiger partial charge in [0, 0.05) is 6.42 Å². The van der Waals surface area contributed by atoms with Crippen LogP contribution in [0.25, 0.3) is 0 Å². The van der Waals surface area contributed by atoms with Crippen molar-refractivity contribution in [2.24, 2.45) is 23.2 Å². The highest BCUT2D eigenvalue weighted by atomic mass is 16.3. The van der Waals surface area contributed by atoms with Gasteiger partial charge in [0.1, 0.15) is 0 Å². The lowest BCUT2D eigenvalue weighted by Gasteiger charge is -2.44. The fraction of sp³-hybridized carbons (Fsp3) is 0.778. The highest BCUT2D eigenvalue weighted by Gasteiger charge is 2.50. The Bertz CT molecular complexity index is 683. The molecule has 3 N–H and O–H groups in total. The van der Waals surface area contributed by atoms with Crippen molar-refractivity contribution in [3.05, 3.63) is 35.5 Å². The van der Waals surface area contributed by atoms with E-state index in [0.717, 1.165) is 29.9 Å². The molecular weight excluding hydrogens is 372 g/mol. The zero-order chi connectivity index (χ0) is 22.1. The van der Waals surface area contributed by atoms with E-state index in [0.29, 0.717) is 30.1 Å². The topological polar surface area (TPSA) is 60.7 Å². The third-order valence-corrected chi connectivity index (χ3v) is 8.44. The number of rotatable bonds is 6. The Labute approximate surface area is 184 Å². The van der Waals surface area contributed by atoms with Crippen molar-refractivity contribution >= 4 is 0 Å². The van der Waals surface area contributed by atoms with Crippen molar-refractivity contribution in [3.8, 4) is 0 Å². The van der Waals surface area contributed by atoms with E-state index >= 15 is 0 Å². The number of allylic oxidation sites excluding steroid dienone is 3. The minimum absolute atomic E-state index is 0.374. The van der Waals surface area contributed by atoms with Crippen LogP contribution < -0.4 is 0 Å². The second-order valence-electron chi connectivity index (χ2n) is 11.3. The number of hydrogen-bond acceptors (Lipinski definition) is 3. The summed E-state index contributed by atoms with van der Waals surface area (Å²) in [6, 6.07) is 0. The molecule has 0 unspecified atom stereocenters. The highest BCUT2D eigenvalue weighted by molar-refractivity contribution is 5.38. The molecule has 30 heavy (non-hydrogen) atoms. The Kier molecular flexibility index (Phi) is 7.37. The minimum Gasteiger partial charge on any atom is -0.393 e.